The van der Waals surface area contributed by atoms with Gasteiger partial charge in [-0.15, -0.1) is 11.3 Å². The Morgan fingerprint density at radius 3 is 2.95 bits per heavy atom. The molecule has 1 heterocycles. The monoisotopic (exact) mass is 282 g/mol. The molecule has 1 aromatic heterocycles. The first-order valence-electron chi connectivity index (χ1n) is 6.92. The quantitative estimate of drug-likeness (QED) is 0.901. The van der Waals surface area contributed by atoms with Crippen LogP contribution in [0.5, 0.6) is 0 Å². The summed E-state index contributed by atoms with van der Waals surface area (Å²) in [5, 5.41) is 10.2. The number of hydrogen-bond donors (Lipinski definition) is 1. The molecule has 0 aliphatic heterocycles. The lowest BCUT2D eigenvalue weighted by molar-refractivity contribution is -0.139. The van der Waals surface area contributed by atoms with E-state index in [-0.39, 0.29) is 0 Å². The van der Waals surface area contributed by atoms with Crippen LogP contribution in [-0.2, 0) is 11.2 Å². The van der Waals surface area contributed by atoms with Crippen molar-refractivity contribution < 1.29 is 9.90 Å². The Hall–Kier alpha value is -1.10. The molecule has 1 aliphatic rings. The highest BCUT2D eigenvalue weighted by Crippen LogP contribution is 2.37. The Morgan fingerprint density at radius 2 is 2.32 bits per heavy atom. The van der Waals surface area contributed by atoms with Crippen LogP contribution in [0.15, 0.2) is 0 Å². The summed E-state index contributed by atoms with van der Waals surface area (Å²) in [7, 11) is 2.04. The van der Waals surface area contributed by atoms with Crippen molar-refractivity contribution >= 4 is 22.4 Å². The molecule has 5 heteroatoms. The first-order chi connectivity index (χ1) is 8.99. The summed E-state index contributed by atoms with van der Waals surface area (Å²) >= 11 is 1.67. The fourth-order valence-corrected chi connectivity index (χ4v) is 3.51. The predicted molar refractivity (Wildman–Crippen MR) is 78.2 cm³/mol. The van der Waals surface area contributed by atoms with Gasteiger partial charge in [0.15, 0.2) is 5.13 Å². The molecule has 1 atom stereocenters. The standard InChI is InChI=1S/C14H22N2O2S/c1-9(2)7-8-16(3)14-15-12-10(13(17)18)5-4-6-11(12)19-14/h9-10H,4-8H2,1-3H3,(H,17,18). The predicted octanol–water partition coefficient (Wildman–Crippen LogP) is 3.13. The van der Waals surface area contributed by atoms with Gasteiger partial charge >= 0.3 is 5.97 Å². The van der Waals surface area contributed by atoms with E-state index in [9.17, 15) is 9.90 Å². The second kappa shape index (κ2) is 5.90. The van der Waals surface area contributed by atoms with Gasteiger partial charge in [-0.25, -0.2) is 4.98 Å². The number of hydrogen-bond acceptors (Lipinski definition) is 4. The van der Waals surface area contributed by atoms with Crippen LogP contribution in [0.25, 0.3) is 0 Å². The summed E-state index contributed by atoms with van der Waals surface area (Å²) in [5.74, 6) is -0.460. The molecule has 1 unspecified atom stereocenters. The average molecular weight is 282 g/mol. The van der Waals surface area contributed by atoms with Crippen molar-refractivity contribution in [2.75, 3.05) is 18.5 Å². The minimum Gasteiger partial charge on any atom is -0.481 e. The maximum atomic E-state index is 11.3. The molecule has 1 N–H and O–H groups in total. The molecule has 19 heavy (non-hydrogen) atoms. The van der Waals surface area contributed by atoms with E-state index in [1.54, 1.807) is 11.3 Å². The topological polar surface area (TPSA) is 53.4 Å². The van der Waals surface area contributed by atoms with Gasteiger partial charge in [-0.3, -0.25) is 4.79 Å². The minimum atomic E-state index is -0.734. The van der Waals surface area contributed by atoms with E-state index in [4.69, 9.17) is 0 Å². The van der Waals surface area contributed by atoms with Gasteiger partial charge in [-0.05, 0) is 31.6 Å². The largest absolute Gasteiger partial charge is 0.481 e. The molecule has 0 saturated heterocycles. The van der Waals surface area contributed by atoms with Crippen molar-refractivity contribution in [1.29, 1.82) is 0 Å². The summed E-state index contributed by atoms with van der Waals surface area (Å²) in [6.07, 6.45) is 3.79. The number of carboxylic acid groups (broad SMARTS) is 1. The zero-order chi connectivity index (χ0) is 14.0. The molecule has 0 bridgehead atoms. The van der Waals surface area contributed by atoms with Gasteiger partial charge in [0.25, 0.3) is 0 Å². The Balaban J connectivity index is 2.14. The van der Waals surface area contributed by atoms with Crippen LogP contribution < -0.4 is 4.90 Å². The summed E-state index contributed by atoms with van der Waals surface area (Å²) in [6.45, 7) is 5.39. The van der Waals surface area contributed by atoms with Crippen molar-refractivity contribution in [3.63, 3.8) is 0 Å². The molecule has 0 spiro atoms. The van der Waals surface area contributed by atoms with Gasteiger partial charge < -0.3 is 10.0 Å². The van der Waals surface area contributed by atoms with E-state index in [1.807, 2.05) is 7.05 Å². The summed E-state index contributed by atoms with van der Waals surface area (Å²) in [5.41, 5.74) is 0.815. The molecular weight excluding hydrogens is 260 g/mol. The summed E-state index contributed by atoms with van der Waals surface area (Å²) < 4.78 is 0. The number of anilines is 1. The van der Waals surface area contributed by atoms with Gasteiger partial charge in [0, 0.05) is 18.5 Å². The van der Waals surface area contributed by atoms with Crippen LogP contribution in [0.1, 0.15) is 49.6 Å². The smallest absolute Gasteiger partial charge is 0.312 e. The van der Waals surface area contributed by atoms with E-state index < -0.39 is 11.9 Å². The third kappa shape index (κ3) is 3.26. The van der Waals surface area contributed by atoms with E-state index in [2.05, 4.69) is 23.7 Å². The second-order valence-electron chi connectivity index (χ2n) is 5.69. The number of carbonyl (C=O) groups is 1. The number of fused-ring (bicyclic) bond motifs is 1. The van der Waals surface area contributed by atoms with Crippen LogP contribution >= 0.6 is 11.3 Å². The molecule has 1 aromatic rings. The number of rotatable bonds is 5. The highest BCUT2D eigenvalue weighted by Gasteiger charge is 2.30. The van der Waals surface area contributed by atoms with Gasteiger partial charge in [-0.2, -0.15) is 0 Å². The Labute approximate surface area is 118 Å². The lowest BCUT2D eigenvalue weighted by Gasteiger charge is -2.17. The van der Waals surface area contributed by atoms with Gasteiger partial charge in [-0.1, -0.05) is 13.8 Å². The minimum absolute atomic E-state index is 0.396. The Kier molecular flexibility index (Phi) is 4.45. The van der Waals surface area contributed by atoms with E-state index in [0.717, 1.165) is 43.1 Å². The Bertz CT molecular complexity index is 456. The van der Waals surface area contributed by atoms with Crippen LogP contribution in [0.4, 0.5) is 5.13 Å². The molecule has 2 rings (SSSR count). The molecule has 1 aliphatic carbocycles. The van der Waals surface area contributed by atoms with Crippen LogP contribution in [0, 0.1) is 5.92 Å². The highest BCUT2D eigenvalue weighted by molar-refractivity contribution is 7.15. The fourth-order valence-electron chi connectivity index (χ4n) is 2.36. The van der Waals surface area contributed by atoms with Crippen molar-refractivity contribution in [1.82, 2.24) is 4.98 Å². The lowest BCUT2D eigenvalue weighted by Crippen LogP contribution is -2.20. The number of nitrogens with zero attached hydrogens (tertiary/aromatic N) is 2. The molecular formula is C14H22N2O2S. The van der Waals surface area contributed by atoms with Gasteiger partial charge in [0.1, 0.15) is 5.92 Å². The summed E-state index contributed by atoms with van der Waals surface area (Å²) in [4.78, 5) is 19.2. The van der Waals surface area contributed by atoms with E-state index in [0.29, 0.717) is 5.92 Å². The molecule has 0 amide bonds. The number of aliphatic carboxylic acids is 1. The van der Waals surface area contributed by atoms with Crippen molar-refractivity contribution in [2.24, 2.45) is 5.92 Å². The Morgan fingerprint density at radius 1 is 1.58 bits per heavy atom. The maximum Gasteiger partial charge on any atom is 0.312 e. The lowest BCUT2D eigenvalue weighted by atomic mass is 9.91. The van der Waals surface area contributed by atoms with Crippen molar-refractivity contribution in [3.05, 3.63) is 10.6 Å². The van der Waals surface area contributed by atoms with Gasteiger partial charge in [0.2, 0.25) is 0 Å². The highest BCUT2D eigenvalue weighted by atomic mass is 32.1. The van der Waals surface area contributed by atoms with Crippen molar-refractivity contribution in [3.8, 4) is 0 Å². The molecule has 0 fully saturated rings. The van der Waals surface area contributed by atoms with E-state index >= 15 is 0 Å². The maximum absolute atomic E-state index is 11.3. The number of thiazole rings is 1. The molecule has 0 aromatic carbocycles. The van der Waals surface area contributed by atoms with Crippen molar-refractivity contribution in [2.45, 2.75) is 45.4 Å². The SMILES string of the molecule is CC(C)CCN(C)c1nc2c(s1)CCCC2C(=O)O. The number of aryl methyl sites for hydroxylation is 1. The number of carboxylic acids is 1. The van der Waals surface area contributed by atoms with Crippen LogP contribution in [0.2, 0.25) is 0 Å². The van der Waals surface area contributed by atoms with Crippen LogP contribution in [-0.4, -0.2) is 29.7 Å². The number of aromatic nitrogens is 1. The average Bonchev–Trinajstić information content (AvgIpc) is 2.78. The first kappa shape index (κ1) is 14.3. The van der Waals surface area contributed by atoms with Crippen LogP contribution in [0.3, 0.4) is 0 Å². The fraction of sp³-hybridized carbons (Fsp3) is 0.714. The first-order valence-corrected chi connectivity index (χ1v) is 7.74. The molecule has 106 valence electrons. The molecule has 0 radical (unpaired) electrons. The zero-order valence-corrected chi connectivity index (χ0v) is 12.7. The van der Waals surface area contributed by atoms with Gasteiger partial charge in [0.05, 0.1) is 5.69 Å². The zero-order valence-electron chi connectivity index (χ0n) is 11.8. The second-order valence-corrected chi connectivity index (χ2v) is 6.75. The third-order valence-electron chi connectivity index (χ3n) is 3.61. The normalized spacial score (nSPS) is 18.4. The molecule has 4 nitrogen and oxygen atoms in total. The summed E-state index contributed by atoms with van der Waals surface area (Å²) in [6, 6.07) is 0. The third-order valence-corrected chi connectivity index (χ3v) is 4.85. The molecule has 0 saturated carbocycles. The van der Waals surface area contributed by atoms with E-state index in [1.165, 1.54) is 4.88 Å².